The molecule has 1 amide bonds. The quantitative estimate of drug-likeness (QED) is 0.655. The Morgan fingerprint density at radius 3 is 2.63 bits per heavy atom. The van der Waals surface area contributed by atoms with Crippen molar-refractivity contribution < 1.29 is 9.72 Å². The van der Waals surface area contributed by atoms with Crippen molar-refractivity contribution in [3.63, 3.8) is 0 Å². The minimum absolute atomic E-state index is 0.0801. The third-order valence-corrected chi connectivity index (χ3v) is 3.29. The van der Waals surface area contributed by atoms with E-state index in [2.05, 4.69) is 5.32 Å². The van der Waals surface area contributed by atoms with Crippen LogP contribution in [0.1, 0.15) is 30.6 Å². The van der Waals surface area contributed by atoms with Crippen molar-refractivity contribution in [1.29, 1.82) is 0 Å². The molecule has 0 aromatic heterocycles. The summed E-state index contributed by atoms with van der Waals surface area (Å²) >= 11 is 0. The number of anilines is 1. The lowest BCUT2D eigenvalue weighted by Gasteiger charge is -2.24. The fourth-order valence-electron chi connectivity index (χ4n) is 1.70. The molecule has 0 aliphatic carbocycles. The first-order chi connectivity index (χ1) is 8.92. The molecule has 0 aliphatic rings. The molecule has 1 atom stereocenters. The fraction of sp³-hybridized carbons (Fsp3) is 0.462. The number of carbonyl (C=O) groups is 1. The third-order valence-electron chi connectivity index (χ3n) is 3.29. The first-order valence-electron chi connectivity index (χ1n) is 6.15. The summed E-state index contributed by atoms with van der Waals surface area (Å²) in [6, 6.07) is 4.32. The van der Waals surface area contributed by atoms with E-state index in [1.54, 1.807) is 25.1 Å². The minimum atomic E-state index is -0.501. The van der Waals surface area contributed by atoms with Gasteiger partial charge in [0.25, 0.3) is 11.6 Å². The van der Waals surface area contributed by atoms with Gasteiger partial charge in [0.05, 0.1) is 10.5 Å². The van der Waals surface area contributed by atoms with E-state index in [1.165, 1.54) is 12.1 Å². The Kier molecular flexibility index (Phi) is 4.86. The van der Waals surface area contributed by atoms with Gasteiger partial charge in [-0.1, -0.05) is 6.92 Å². The van der Waals surface area contributed by atoms with Crippen LogP contribution in [0.3, 0.4) is 0 Å². The SMILES string of the molecule is CCC(C)N(C)C(=O)c1cc([N+](=O)[O-])ccc1NC. The normalized spacial score (nSPS) is 11.8. The second kappa shape index (κ2) is 6.17. The van der Waals surface area contributed by atoms with Gasteiger partial charge in [0, 0.05) is 38.0 Å². The molecule has 0 aliphatic heterocycles. The topological polar surface area (TPSA) is 75.5 Å². The molecular weight excluding hydrogens is 246 g/mol. The van der Waals surface area contributed by atoms with Crippen LogP contribution in [-0.2, 0) is 0 Å². The maximum Gasteiger partial charge on any atom is 0.270 e. The predicted octanol–water partition coefficient (Wildman–Crippen LogP) is 2.51. The Hall–Kier alpha value is -2.11. The summed E-state index contributed by atoms with van der Waals surface area (Å²) in [4.78, 5) is 24.3. The number of carbonyl (C=O) groups excluding carboxylic acids is 1. The smallest absolute Gasteiger partial charge is 0.270 e. The number of amides is 1. The van der Waals surface area contributed by atoms with E-state index in [-0.39, 0.29) is 17.6 Å². The molecule has 1 unspecified atom stereocenters. The Morgan fingerprint density at radius 2 is 2.16 bits per heavy atom. The van der Waals surface area contributed by atoms with Crippen molar-refractivity contribution >= 4 is 17.3 Å². The molecule has 0 fully saturated rings. The van der Waals surface area contributed by atoms with Crippen LogP contribution in [0.5, 0.6) is 0 Å². The lowest BCUT2D eigenvalue weighted by molar-refractivity contribution is -0.384. The Morgan fingerprint density at radius 1 is 1.53 bits per heavy atom. The number of nitrogens with zero attached hydrogens (tertiary/aromatic N) is 2. The molecule has 0 saturated carbocycles. The highest BCUT2D eigenvalue weighted by Crippen LogP contribution is 2.23. The van der Waals surface area contributed by atoms with Crippen LogP contribution in [0.4, 0.5) is 11.4 Å². The van der Waals surface area contributed by atoms with Gasteiger partial charge in [0.15, 0.2) is 0 Å². The highest BCUT2D eigenvalue weighted by Gasteiger charge is 2.21. The van der Waals surface area contributed by atoms with E-state index >= 15 is 0 Å². The summed E-state index contributed by atoms with van der Waals surface area (Å²) in [7, 11) is 3.38. The molecule has 1 aromatic carbocycles. The molecule has 0 saturated heterocycles. The summed E-state index contributed by atoms with van der Waals surface area (Å²) in [5, 5.41) is 13.7. The minimum Gasteiger partial charge on any atom is -0.387 e. The van der Waals surface area contributed by atoms with Gasteiger partial charge in [-0.05, 0) is 19.4 Å². The van der Waals surface area contributed by atoms with Crippen molar-refractivity contribution in [2.24, 2.45) is 0 Å². The van der Waals surface area contributed by atoms with Crippen molar-refractivity contribution in [1.82, 2.24) is 4.90 Å². The maximum absolute atomic E-state index is 12.4. The predicted molar refractivity (Wildman–Crippen MR) is 74.5 cm³/mol. The lowest BCUT2D eigenvalue weighted by Crippen LogP contribution is -2.35. The van der Waals surface area contributed by atoms with Crippen molar-refractivity contribution in [3.05, 3.63) is 33.9 Å². The number of non-ortho nitro benzene ring substituents is 1. The number of nitro groups is 1. The Labute approximate surface area is 112 Å². The molecule has 104 valence electrons. The maximum atomic E-state index is 12.4. The van der Waals surface area contributed by atoms with Crippen LogP contribution in [0.25, 0.3) is 0 Å². The second-order valence-corrected chi connectivity index (χ2v) is 4.41. The summed E-state index contributed by atoms with van der Waals surface area (Å²) < 4.78 is 0. The van der Waals surface area contributed by atoms with Crippen LogP contribution < -0.4 is 5.32 Å². The largest absolute Gasteiger partial charge is 0.387 e. The van der Waals surface area contributed by atoms with Gasteiger partial charge >= 0.3 is 0 Å². The van der Waals surface area contributed by atoms with E-state index in [1.807, 2.05) is 13.8 Å². The summed E-state index contributed by atoms with van der Waals surface area (Å²) in [6.07, 6.45) is 0.825. The average molecular weight is 265 g/mol. The molecule has 0 bridgehead atoms. The van der Waals surface area contributed by atoms with E-state index in [0.717, 1.165) is 6.42 Å². The first kappa shape index (κ1) is 14.9. The highest BCUT2D eigenvalue weighted by molar-refractivity contribution is 6.00. The molecule has 19 heavy (non-hydrogen) atoms. The monoisotopic (exact) mass is 265 g/mol. The molecule has 0 radical (unpaired) electrons. The van der Waals surface area contributed by atoms with Crippen molar-refractivity contribution in [2.45, 2.75) is 26.3 Å². The Balaban J connectivity index is 3.19. The number of hydrogen-bond acceptors (Lipinski definition) is 4. The van der Waals surface area contributed by atoms with Crippen LogP contribution in [-0.4, -0.2) is 35.9 Å². The van der Waals surface area contributed by atoms with Gasteiger partial charge in [-0.25, -0.2) is 0 Å². The van der Waals surface area contributed by atoms with Gasteiger partial charge in [0.1, 0.15) is 0 Å². The highest BCUT2D eigenvalue weighted by atomic mass is 16.6. The van der Waals surface area contributed by atoms with Crippen LogP contribution in [0.2, 0.25) is 0 Å². The summed E-state index contributed by atoms with van der Waals surface area (Å²) in [5.74, 6) is -0.220. The number of nitro benzene ring substituents is 1. The lowest BCUT2D eigenvalue weighted by atomic mass is 10.1. The summed E-state index contributed by atoms with van der Waals surface area (Å²) in [6.45, 7) is 3.93. The molecule has 6 nitrogen and oxygen atoms in total. The average Bonchev–Trinajstić information content (AvgIpc) is 2.43. The molecule has 6 heteroatoms. The van der Waals surface area contributed by atoms with E-state index in [0.29, 0.717) is 11.3 Å². The number of benzene rings is 1. The standard InChI is InChI=1S/C13H19N3O3/c1-5-9(2)15(4)13(17)11-8-10(16(18)19)6-7-12(11)14-3/h6-9,14H,5H2,1-4H3. The first-order valence-corrected chi connectivity index (χ1v) is 6.15. The van der Waals surface area contributed by atoms with Gasteiger partial charge in [-0.2, -0.15) is 0 Å². The molecular formula is C13H19N3O3. The molecule has 1 aromatic rings. The van der Waals surface area contributed by atoms with Gasteiger partial charge in [-0.3, -0.25) is 14.9 Å². The van der Waals surface area contributed by atoms with Crippen LogP contribution in [0, 0.1) is 10.1 Å². The fourth-order valence-corrected chi connectivity index (χ4v) is 1.70. The number of nitrogens with one attached hydrogen (secondary N) is 1. The van der Waals surface area contributed by atoms with Crippen LogP contribution in [0.15, 0.2) is 18.2 Å². The summed E-state index contributed by atoms with van der Waals surface area (Å²) in [5.41, 5.74) is 0.824. The van der Waals surface area contributed by atoms with E-state index in [4.69, 9.17) is 0 Å². The third kappa shape index (κ3) is 3.21. The zero-order valence-electron chi connectivity index (χ0n) is 11.6. The molecule has 1 rings (SSSR count). The van der Waals surface area contributed by atoms with Crippen molar-refractivity contribution in [3.8, 4) is 0 Å². The molecule has 0 heterocycles. The Bertz CT molecular complexity index is 488. The van der Waals surface area contributed by atoms with Crippen LogP contribution >= 0.6 is 0 Å². The number of rotatable bonds is 5. The zero-order valence-corrected chi connectivity index (χ0v) is 11.6. The zero-order chi connectivity index (χ0) is 14.6. The molecule has 0 spiro atoms. The van der Waals surface area contributed by atoms with Crippen molar-refractivity contribution in [2.75, 3.05) is 19.4 Å². The van der Waals surface area contributed by atoms with E-state index < -0.39 is 4.92 Å². The number of hydrogen-bond donors (Lipinski definition) is 1. The van der Waals surface area contributed by atoms with Gasteiger partial charge in [-0.15, -0.1) is 0 Å². The van der Waals surface area contributed by atoms with Gasteiger partial charge in [0.2, 0.25) is 0 Å². The van der Waals surface area contributed by atoms with E-state index in [9.17, 15) is 14.9 Å². The second-order valence-electron chi connectivity index (χ2n) is 4.41. The molecule has 1 N–H and O–H groups in total. The van der Waals surface area contributed by atoms with Gasteiger partial charge < -0.3 is 10.2 Å².